The van der Waals surface area contributed by atoms with Gasteiger partial charge in [0.25, 0.3) is 0 Å². The first kappa shape index (κ1) is 22.4. The summed E-state index contributed by atoms with van der Waals surface area (Å²) in [5.74, 6) is 1.15. The Morgan fingerprint density at radius 2 is 1.70 bits per heavy atom. The summed E-state index contributed by atoms with van der Waals surface area (Å²) < 4.78 is 10.9. The highest BCUT2D eigenvalue weighted by Gasteiger charge is 2.28. The lowest BCUT2D eigenvalue weighted by molar-refractivity contribution is -0.120. The Bertz CT molecular complexity index is 1220. The number of fused-ring (bicyclic) bond motifs is 1. The third kappa shape index (κ3) is 4.56. The normalized spacial score (nSPS) is 14.1. The van der Waals surface area contributed by atoms with Crippen LogP contribution in [0.15, 0.2) is 36.5 Å². The minimum Gasteiger partial charge on any atom is -0.493 e. The number of hydrogen-bond donors (Lipinski definition) is 1. The minimum absolute atomic E-state index is 0.0474. The number of hydrogen-bond acceptors (Lipinski definition) is 6. The zero-order valence-electron chi connectivity index (χ0n) is 19.4. The Balaban J connectivity index is 1.56. The number of carbonyl (C=O) groups excluding carboxylic acids is 1. The van der Waals surface area contributed by atoms with Crippen molar-refractivity contribution in [1.29, 1.82) is 5.26 Å². The quantitative estimate of drug-likeness (QED) is 0.619. The van der Waals surface area contributed by atoms with Crippen LogP contribution in [0.25, 0.3) is 10.9 Å². The van der Waals surface area contributed by atoms with E-state index in [1.54, 1.807) is 20.4 Å². The number of aryl methyl sites for hydroxylation is 2. The number of ether oxygens (including phenoxy) is 2. The summed E-state index contributed by atoms with van der Waals surface area (Å²) in [6.07, 6.45) is 3.01. The third-order valence-corrected chi connectivity index (χ3v) is 6.14. The Kier molecular flexibility index (Phi) is 6.36. The molecule has 1 saturated heterocycles. The second-order valence-electron chi connectivity index (χ2n) is 8.48. The van der Waals surface area contributed by atoms with E-state index in [0.29, 0.717) is 43.0 Å². The molecule has 2 aromatic carbocycles. The molecule has 7 heteroatoms. The van der Waals surface area contributed by atoms with E-state index in [1.165, 1.54) is 0 Å². The van der Waals surface area contributed by atoms with Crippen molar-refractivity contribution in [1.82, 2.24) is 4.98 Å². The van der Waals surface area contributed by atoms with Gasteiger partial charge in [-0.05, 0) is 56.0 Å². The number of rotatable bonds is 5. The van der Waals surface area contributed by atoms with Crippen LogP contribution in [0, 0.1) is 31.1 Å². The molecule has 1 aliphatic rings. The maximum Gasteiger partial charge on any atom is 0.227 e. The fourth-order valence-corrected chi connectivity index (χ4v) is 4.58. The van der Waals surface area contributed by atoms with E-state index < -0.39 is 0 Å². The van der Waals surface area contributed by atoms with Crippen molar-refractivity contribution < 1.29 is 14.3 Å². The van der Waals surface area contributed by atoms with Crippen molar-refractivity contribution in [3.05, 3.63) is 53.2 Å². The molecule has 1 fully saturated rings. The van der Waals surface area contributed by atoms with Crippen LogP contribution >= 0.6 is 0 Å². The highest BCUT2D eigenvalue weighted by Crippen LogP contribution is 2.38. The van der Waals surface area contributed by atoms with Gasteiger partial charge < -0.3 is 19.7 Å². The van der Waals surface area contributed by atoms with Crippen molar-refractivity contribution in [2.45, 2.75) is 26.7 Å². The predicted molar refractivity (Wildman–Crippen MR) is 129 cm³/mol. The first-order chi connectivity index (χ1) is 15.9. The fraction of sp³-hybridized carbons (Fsp3) is 0.346. The summed E-state index contributed by atoms with van der Waals surface area (Å²) in [5.41, 5.74) is 5.16. The number of benzene rings is 2. The van der Waals surface area contributed by atoms with E-state index in [-0.39, 0.29) is 11.8 Å². The van der Waals surface area contributed by atoms with Gasteiger partial charge in [0.05, 0.1) is 31.0 Å². The Morgan fingerprint density at radius 3 is 2.30 bits per heavy atom. The summed E-state index contributed by atoms with van der Waals surface area (Å²) in [6.45, 7) is 5.40. The first-order valence-corrected chi connectivity index (χ1v) is 11.0. The van der Waals surface area contributed by atoms with E-state index in [2.05, 4.69) is 27.3 Å². The number of nitriles is 1. The van der Waals surface area contributed by atoms with Gasteiger partial charge in [-0.3, -0.25) is 9.78 Å². The van der Waals surface area contributed by atoms with Crippen LogP contribution in [0.1, 0.15) is 29.5 Å². The number of piperidine rings is 1. The molecule has 0 aliphatic carbocycles. The molecule has 3 aromatic rings. The summed E-state index contributed by atoms with van der Waals surface area (Å²) >= 11 is 0. The molecule has 7 nitrogen and oxygen atoms in total. The van der Waals surface area contributed by atoms with Crippen LogP contribution < -0.4 is 19.7 Å². The second-order valence-corrected chi connectivity index (χ2v) is 8.48. The Labute approximate surface area is 193 Å². The minimum atomic E-state index is -0.0738. The molecule has 0 atom stereocenters. The average molecular weight is 445 g/mol. The van der Waals surface area contributed by atoms with Gasteiger partial charge in [-0.25, -0.2) is 0 Å². The lowest BCUT2D eigenvalue weighted by atomic mass is 9.94. The molecule has 1 N–H and O–H groups in total. The summed E-state index contributed by atoms with van der Waals surface area (Å²) in [4.78, 5) is 19.5. The smallest absolute Gasteiger partial charge is 0.227 e. The summed E-state index contributed by atoms with van der Waals surface area (Å²) in [7, 11) is 3.17. The van der Waals surface area contributed by atoms with Crippen LogP contribution in [0.3, 0.4) is 0 Å². The molecule has 170 valence electrons. The second kappa shape index (κ2) is 9.37. The first-order valence-electron chi connectivity index (χ1n) is 11.0. The van der Waals surface area contributed by atoms with E-state index in [9.17, 15) is 10.1 Å². The van der Waals surface area contributed by atoms with Gasteiger partial charge in [0.2, 0.25) is 5.91 Å². The average Bonchev–Trinajstić information content (AvgIpc) is 2.81. The molecule has 0 unspecified atom stereocenters. The van der Waals surface area contributed by atoms with E-state index >= 15 is 0 Å². The van der Waals surface area contributed by atoms with Gasteiger partial charge in [0, 0.05) is 42.3 Å². The van der Waals surface area contributed by atoms with Crippen LogP contribution in [0.2, 0.25) is 0 Å². The molecule has 0 bridgehead atoms. The van der Waals surface area contributed by atoms with Crippen molar-refractivity contribution >= 4 is 28.2 Å². The third-order valence-electron chi connectivity index (χ3n) is 6.14. The topological polar surface area (TPSA) is 87.5 Å². The number of carbonyl (C=O) groups is 1. The van der Waals surface area contributed by atoms with Gasteiger partial charge in [0.1, 0.15) is 6.07 Å². The van der Waals surface area contributed by atoms with Crippen molar-refractivity contribution in [2.75, 3.05) is 37.5 Å². The van der Waals surface area contributed by atoms with Gasteiger partial charge in [0.15, 0.2) is 11.5 Å². The molecule has 0 radical (unpaired) electrons. The fourth-order valence-electron chi connectivity index (χ4n) is 4.58. The van der Waals surface area contributed by atoms with E-state index in [1.807, 2.05) is 38.1 Å². The number of pyridine rings is 1. The van der Waals surface area contributed by atoms with Gasteiger partial charge in [-0.1, -0.05) is 6.07 Å². The van der Waals surface area contributed by atoms with Gasteiger partial charge in [-0.15, -0.1) is 0 Å². The lowest BCUT2D eigenvalue weighted by Crippen LogP contribution is -2.38. The number of aromatic nitrogens is 1. The van der Waals surface area contributed by atoms with Gasteiger partial charge in [-0.2, -0.15) is 5.26 Å². The van der Waals surface area contributed by atoms with Crippen molar-refractivity contribution in [2.24, 2.45) is 5.92 Å². The Hall–Kier alpha value is -3.79. The molecule has 1 aromatic heterocycles. The van der Waals surface area contributed by atoms with E-state index in [4.69, 9.17) is 9.47 Å². The predicted octanol–water partition coefficient (Wildman–Crippen LogP) is 4.60. The molecule has 1 amide bonds. The standard InChI is InChI=1S/C26H28N4O3/c1-16-9-17(2)11-20(10-16)29-26(31)18-5-7-30(8-6-18)25-19(14-27)15-28-22-13-24(33-4)23(32-3)12-21(22)25/h9-13,15,18H,5-8H2,1-4H3,(H,29,31). The van der Waals surface area contributed by atoms with Crippen LogP contribution in [-0.2, 0) is 4.79 Å². The molecule has 0 saturated carbocycles. The largest absolute Gasteiger partial charge is 0.493 e. The SMILES string of the molecule is COc1cc2ncc(C#N)c(N3CCC(C(=O)Nc4cc(C)cc(C)c4)CC3)c2cc1OC. The van der Waals surface area contributed by atoms with Gasteiger partial charge >= 0.3 is 0 Å². The zero-order chi connectivity index (χ0) is 23.5. The Morgan fingerprint density at radius 1 is 1.06 bits per heavy atom. The number of anilines is 2. The number of nitrogens with one attached hydrogen (secondary N) is 1. The van der Waals surface area contributed by atoms with Crippen LogP contribution in [0.4, 0.5) is 11.4 Å². The molecular formula is C26H28N4O3. The molecule has 4 rings (SSSR count). The molecule has 1 aliphatic heterocycles. The highest BCUT2D eigenvalue weighted by atomic mass is 16.5. The zero-order valence-corrected chi connectivity index (χ0v) is 19.4. The highest BCUT2D eigenvalue weighted by molar-refractivity contribution is 5.97. The number of amides is 1. The molecule has 2 heterocycles. The summed E-state index contributed by atoms with van der Waals surface area (Å²) in [6, 6.07) is 12.0. The maximum atomic E-state index is 12.9. The number of methoxy groups -OCH3 is 2. The summed E-state index contributed by atoms with van der Waals surface area (Å²) in [5, 5.41) is 13.7. The van der Waals surface area contributed by atoms with Crippen molar-refractivity contribution in [3.8, 4) is 17.6 Å². The van der Waals surface area contributed by atoms with Crippen molar-refractivity contribution in [3.63, 3.8) is 0 Å². The number of nitrogens with zero attached hydrogens (tertiary/aromatic N) is 3. The molecule has 0 spiro atoms. The van der Waals surface area contributed by atoms with Crippen LogP contribution in [-0.4, -0.2) is 38.2 Å². The molecule has 33 heavy (non-hydrogen) atoms. The molecular weight excluding hydrogens is 416 g/mol. The monoisotopic (exact) mass is 444 g/mol. The van der Waals surface area contributed by atoms with E-state index in [0.717, 1.165) is 33.4 Å². The van der Waals surface area contributed by atoms with Crippen LogP contribution in [0.5, 0.6) is 11.5 Å². The maximum absolute atomic E-state index is 12.9. The lowest BCUT2D eigenvalue weighted by Gasteiger charge is -2.34.